The van der Waals surface area contributed by atoms with Crippen molar-refractivity contribution in [2.24, 2.45) is 5.73 Å². The third-order valence-corrected chi connectivity index (χ3v) is 5.90. The summed E-state index contributed by atoms with van der Waals surface area (Å²) in [7, 11) is -3.70. The Morgan fingerprint density at radius 3 is 3.00 bits per heavy atom. The van der Waals surface area contributed by atoms with E-state index in [1.807, 2.05) is 0 Å². The van der Waals surface area contributed by atoms with Crippen LogP contribution in [0.25, 0.3) is 11.0 Å². The Morgan fingerprint density at radius 1 is 1.29 bits per heavy atom. The van der Waals surface area contributed by atoms with E-state index >= 15 is 0 Å². The van der Waals surface area contributed by atoms with E-state index in [0.29, 0.717) is 30.6 Å². The van der Waals surface area contributed by atoms with Crippen LogP contribution in [0.2, 0.25) is 0 Å². The number of nitrogens with two attached hydrogens (primary N) is 1. The molecule has 3 heterocycles. The van der Waals surface area contributed by atoms with Crippen LogP contribution in [0.15, 0.2) is 47.6 Å². The molecule has 0 spiro atoms. The Labute approximate surface area is 139 Å². The fourth-order valence-electron chi connectivity index (χ4n) is 3.07. The second-order valence-electron chi connectivity index (χ2n) is 5.73. The Bertz CT molecular complexity index is 1020. The first kappa shape index (κ1) is 15.2. The van der Waals surface area contributed by atoms with Crippen LogP contribution in [0.4, 0.5) is 0 Å². The largest absolute Gasteiger partial charge is 0.493 e. The van der Waals surface area contributed by atoms with Gasteiger partial charge in [0.2, 0.25) is 0 Å². The monoisotopic (exact) mass is 343 g/mol. The maximum atomic E-state index is 13.1. The first-order valence-corrected chi connectivity index (χ1v) is 9.21. The highest BCUT2D eigenvalue weighted by Crippen LogP contribution is 2.30. The van der Waals surface area contributed by atoms with Crippen molar-refractivity contribution in [2.75, 3.05) is 13.2 Å². The smallest absolute Gasteiger partial charge is 0.268 e. The molecule has 0 atom stereocenters. The van der Waals surface area contributed by atoms with Crippen molar-refractivity contribution in [2.45, 2.75) is 17.7 Å². The molecule has 4 rings (SSSR count). The highest BCUT2D eigenvalue weighted by Gasteiger charge is 2.24. The summed E-state index contributed by atoms with van der Waals surface area (Å²) in [5, 5.41) is 0. The predicted octanol–water partition coefficient (Wildman–Crippen LogP) is 1.71. The first-order valence-electron chi connectivity index (χ1n) is 7.77. The van der Waals surface area contributed by atoms with Crippen LogP contribution in [-0.4, -0.2) is 30.5 Å². The van der Waals surface area contributed by atoms with E-state index < -0.39 is 10.0 Å². The Balaban J connectivity index is 1.90. The molecule has 2 N–H and O–H groups in total. The lowest BCUT2D eigenvalue weighted by atomic mass is 10.2. The lowest BCUT2D eigenvalue weighted by Gasteiger charge is -2.08. The Morgan fingerprint density at radius 2 is 2.17 bits per heavy atom. The van der Waals surface area contributed by atoms with Gasteiger partial charge in [0.05, 0.1) is 22.5 Å². The lowest BCUT2D eigenvalue weighted by Crippen LogP contribution is -2.12. The van der Waals surface area contributed by atoms with Gasteiger partial charge >= 0.3 is 0 Å². The molecule has 1 aliphatic heterocycles. The summed E-state index contributed by atoms with van der Waals surface area (Å²) in [5.74, 6) is 0.761. The minimum absolute atomic E-state index is 0.256. The molecule has 7 heteroatoms. The number of rotatable bonds is 4. The molecular weight excluding hydrogens is 326 g/mol. The molecule has 0 radical (unpaired) electrons. The molecule has 24 heavy (non-hydrogen) atoms. The van der Waals surface area contributed by atoms with Crippen molar-refractivity contribution in [1.29, 1.82) is 0 Å². The quantitative estimate of drug-likeness (QED) is 0.779. The highest BCUT2D eigenvalue weighted by atomic mass is 32.2. The van der Waals surface area contributed by atoms with Crippen LogP contribution >= 0.6 is 0 Å². The van der Waals surface area contributed by atoms with Crippen LogP contribution in [0.1, 0.15) is 11.1 Å². The summed E-state index contributed by atoms with van der Waals surface area (Å²) in [5.41, 5.74) is 8.64. The number of aromatic nitrogens is 2. The zero-order valence-electron chi connectivity index (χ0n) is 13.0. The molecular formula is C17H17N3O3S. The van der Waals surface area contributed by atoms with Gasteiger partial charge in [-0.15, -0.1) is 0 Å². The van der Waals surface area contributed by atoms with E-state index in [9.17, 15) is 8.42 Å². The van der Waals surface area contributed by atoms with Crippen LogP contribution in [-0.2, 0) is 22.9 Å². The number of pyridine rings is 1. The average molecular weight is 343 g/mol. The van der Waals surface area contributed by atoms with Crippen molar-refractivity contribution in [3.63, 3.8) is 0 Å². The van der Waals surface area contributed by atoms with Crippen LogP contribution in [0.3, 0.4) is 0 Å². The van der Waals surface area contributed by atoms with Gasteiger partial charge in [0.15, 0.2) is 0 Å². The third-order valence-electron chi connectivity index (χ3n) is 4.23. The molecule has 124 valence electrons. The van der Waals surface area contributed by atoms with Crippen LogP contribution < -0.4 is 10.5 Å². The van der Waals surface area contributed by atoms with E-state index in [-0.39, 0.29) is 4.90 Å². The van der Waals surface area contributed by atoms with Gasteiger partial charge < -0.3 is 10.5 Å². The molecule has 0 amide bonds. The van der Waals surface area contributed by atoms with Crippen molar-refractivity contribution >= 4 is 21.1 Å². The molecule has 1 aromatic carbocycles. The molecule has 3 aromatic rings. The molecule has 6 nitrogen and oxygen atoms in total. The average Bonchev–Trinajstić information content (AvgIpc) is 3.20. The van der Waals surface area contributed by atoms with Crippen molar-refractivity contribution in [1.82, 2.24) is 8.96 Å². The van der Waals surface area contributed by atoms with Crippen molar-refractivity contribution < 1.29 is 13.2 Å². The lowest BCUT2D eigenvalue weighted by molar-refractivity contribution is 0.356. The number of ether oxygens (including phenoxy) is 1. The molecule has 0 saturated carbocycles. The normalized spacial score (nSPS) is 13.9. The second-order valence-corrected chi connectivity index (χ2v) is 7.55. The number of hydrogen-bond acceptors (Lipinski definition) is 5. The molecule has 1 aliphatic rings. The number of hydrogen-bond donors (Lipinski definition) is 1. The maximum absolute atomic E-state index is 13.1. The first-order chi connectivity index (χ1) is 11.6. The summed E-state index contributed by atoms with van der Waals surface area (Å²) in [4.78, 5) is 4.58. The number of benzene rings is 1. The molecule has 2 aromatic heterocycles. The number of fused-ring (bicyclic) bond motifs is 2. The van der Waals surface area contributed by atoms with E-state index in [1.165, 1.54) is 3.97 Å². The van der Waals surface area contributed by atoms with Crippen molar-refractivity contribution in [3.8, 4) is 5.75 Å². The fourth-order valence-corrected chi connectivity index (χ4v) is 4.50. The minimum atomic E-state index is -3.70. The summed E-state index contributed by atoms with van der Waals surface area (Å²) in [6, 6.07) is 8.50. The van der Waals surface area contributed by atoms with Crippen molar-refractivity contribution in [3.05, 3.63) is 53.9 Å². The van der Waals surface area contributed by atoms with Gasteiger partial charge in [-0.05, 0) is 54.4 Å². The zero-order chi connectivity index (χ0) is 16.7. The minimum Gasteiger partial charge on any atom is -0.493 e. The molecule has 0 aliphatic carbocycles. The third kappa shape index (κ3) is 2.28. The van der Waals surface area contributed by atoms with Gasteiger partial charge in [0, 0.05) is 18.8 Å². The van der Waals surface area contributed by atoms with Gasteiger partial charge in [0.1, 0.15) is 5.75 Å². The Hall–Kier alpha value is -2.38. The van der Waals surface area contributed by atoms with E-state index in [4.69, 9.17) is 10.5 Å². The van der Waals surface area contributed by atoms with Gasteiger partial charge in [-0.3, -0.25) is 4.98 Å². The molecule has 0 saturated heterocycles. The zero-order valence-corrected chi connectivity index (χ0v) is 13.8. The SMILES string of the molecule is NCCc1cn(S(=O)(=O)c2ccc3c(c2)CCO3)c2cccnc12. The standard InChI is InChI=1S/C17H17N3O3S/c18-7-5-13-11-20(15-2-1-8-19-17(13)15)24(21,22)14-3-4-16-12(10-14)6-9-23-16/h1-4,8,10-11H,5-7,9,18H2. The summed E-state index contributed by atoms with van der Waals surface area (Å²) in [6.07, 6.45) is 4.59. The van der Waals surface area contributed by atoms with Gasteiger partial charge in [-0.1, -0.05) is 0 Å². The van der Waals surface area contributed by atoms with Gasteiger partial charge in [-0.2, -0.15) is 0 Å². The summed E-state index contributed by atoms with van der Waals surface area (Å²) >= 11 is 0. The van der Waals surface area contributed by atoms with E-state index in [0.717, 1.165) is 23.3 Å². The fraction of sp³-hybridized carbons (Fsp3) is 0.235. The second kappa shape index (κ2) is 5.61. The van der Waals surface area contributed by atoms with E-state index in [2.05, 4.69) is 4.98 Å². The van der Waals surface area contributed by atoms with E-state index in [1.54, 1.807) is 42.7 Å². The molecule has 0 unspecified atom stereocenters. The maximum Gasteiger partial charge on any atom is 0.268 e. The Kier molecular flexibility index (Phi) is 3.54. The topological polar surface area (TPSA) is 87.2 Å². The highest BCUT2D eigenvalue weighted by molar-refractivity contribution is 7.90. The van der Waals surface area contributed by atoms with Crippen LogP contribution in [0, 0.1) is 0 Å². The number of nitrogens with zero attached hydrogens (tertiary/aromatic N) is 2. The molecule has 0 fully saturated rings. The molecule has 0 bridgehead atoms. The van der Waals surface area contributed by atoms with Gasteiger partial charge in [0.25, 0.3) is 10.0 Å². The van der Waals surface area contributed by atoms with Gasteiger partial charge in [-0.25, -0.2) is 12.4 Å². The summed E-state index contributed by atoms with van der Waals surface area (Å²) < 4.78 is 33.0. The predicted molar refractivity (Wildman–Crippen MR) is 90.7 cm³/mol. The van der Waals surface area contributed by atoms with Crippen LogP contribution in [0.5, 0.6) is 5.75 Å². The summed E-state index contributed by atoms with van der Waals surface area (Å²) in [6.45, 7) is 1.03.